The van der Waals surface area contributed by atoms with Crippen molar-refractivity contribution in [3.8, 4) is 11.5 Å². The predicted molar refractivity (Wildman–Crippen MR) is 81.1 cm³/mol. The van der Waals surface area contributed by atoms with E-state index >= 15 is 0 Å². The Labute approximate surface area is 132 Å². The van der Waals surface area contributed by atoms with Crippen LogP contribution >= 0.6 is 0 Å². The fraction of sp³-hybridized carbons (Fsp3) is 0.312. The van der Waals surface area contributed by atoms with Gasteiger partial charge in [-0.1, -0.05) is 12.1 Å². The van der Waals surface area contributed by atoms with Crippen LogP contribution in [0.1, 0.15) is 25.3 Å². The summed E-state index contributed by atoms with van der Waals surface area (Å²) in [7, 11) is 0. The fourth-order valence-electron chi connectivity index (χ4n) is 1.90. The highest BCUT2D eigenvalue weighted by atomic mass is 16.7. The van der Waals surface area contributed by atoms with Gasteiger partial charge in [-0.05, 0) is 30.7 Å². The number of aliphatic carboxylic acids is 1. The van der Waals surface area contributed by atoms with Gasteiger partial charge in [-0.25, -0.2) is 0 Å². The second kappa shape index (κ2) is 7.44. The van der Waals surface area contributed by atoms with E-state index in [1.54, 1.807) is 24.3 Å². The summed E-state index contributed by atoms with van der Waals surface area (Å²) in [4.78, 5) is 33.8. The number of benzene rings is 1. The second-order valence-electron chi connectivity index (χ2n) is 5.04. The molecule has 0 saturated heterocycles. The van der Waals surface area contributed by atoms with Crippen molar-refractivity contribution in [3.63, 3.8) is 0 Å². The number of ether oxygens (including phenoxy) is 2. The highest BCUT2D eigenvalue weighted by Gasteiger charge is 2.14. The van der Waals surface area contributed by atoms with E-state index in [1.165, 1.54) is 13.0 Å². The highest BCUT2D eigenvalue weighted by molar-refractivity contribution is 5.96. The van der Waals surface area contributed by atoms with Crippen molar-refractivity contribution in [1.29, 1.82) is 0 Å². The summed E-state index contributed by atoms with van der Waals surface area (Å²) < 4.78 is 10.4. The number of carbonyl (C=O) groups excluding carboxylic acids is 2. The molecule has 1 heterocycles. The Hall–Kier alpha value is -2.83. The van der Waals surface area contributed by atoms with Gasteiger partial charge >= 0.3 is 5.97 Å². The molecule has 2 N–H and O–H groups in total. The van der Waals surface area contributed by atoms with Crippen molar-refractivity contribution in [2.75, 3.05) is 6.79 Å². The minimum Gasteiger partial charge on any atom is -0.480 e. The summed E-state index contributed by atoms with van der Waals surface area (Å²) in [6, 6.07) is 4.33. The van der Waals surface area contributed by atoms with Crippen LogP contribution in [-0.4, -0.2) is 35.6 Å². The first-order chi connectivity index (χ1) is 11.0. The maximum Gasteiger partial charge on any atom is 0.325 e. The van der Waals surface area contributed by atoms with Gasteiger partial charge in [-0.15, -0.1) is 0 Å². The van der Waals surface area contributed by atoms with Gasteiger partial charge in [0, 0.05) is 12.8 Å². The van der Waals surface area contributed by atoms with Crippen LogP contribution in [-0.2, 0) is 14.4 Å². The summed E-state index contributed by atoms with van der Waals surface area (Å²) in [6.45, 7) is 1.55. The molecule has 0 aliphatic carbocycles. The summed E-state index contributed by atoms with van der Waals surface area (Å²) in [5, 5.41) is 11.0. The molecule has 1 aliphatic rings. The van der Waals surface area contributed by atoms with Gasteiger partial charge < -0.3 is 19.9 Å². The zero-order valence-corrected chi connectivity index (χ0v) is 12.6. The van der Waals surface area contributed by atoms with E-state index in [4.69, 9.17) is 14.6 Å². The molecule has 0 fully saturated rings. The van der Waals surface area contributed by atoms with E-state index in [9.17, 15) is 14.4 Å². The summed E-state index contributed by atoms with van der Waals surface area (Å²) >= 11 is 0. The molecule has 0 bridgehead atoms. The monoisotopic (exact) mass is 319 g/mol. The molecule has 7 nitrogen and oxygen atoms in total. The Balaban J connectivity index is 1.80. The third-order valence-corrected chi connectivity index (χ3v) is 3.20. The number of carboxylic acids is 1. The average molecular weight is 319 g/mol. The number of fused-ring (bicyclic) bond motifs is 1. The number of amides is 1. The largest absolute Gasteiger partial charge is 0.480 e. The van der Waals surface area contributed by atoms with Gasteiger partial charge in [0.25, 0.3) is 0 Å². The zero-order valence-electron chi connectivity index (χ0n) is 12.6. The maximum atomic E-state index is 11.7. The molecule has 0 spiro atoms. The maximum absolute atomic E-state index is 11.7. The van der Waals surface area contributed by atoms with Gasteiger partial charge in [0.1, 0.15) is 6.04 Å². The van der Waals surface area contributed by atoms with Gasteiger partial charge in [-0.2, -0.15) is 0 Å². The molecule has 1 amide bonds. The molecule has 0 saturated carbocycles. The normalized spacial score (nSPS) is 13.8. The van der Waals surface area contributed by atoms with Gasteiger partial charge in [0.15, 0.2) is 17.3 Å². The quantitative estimate of drug-likeness (QED) is 0.736. The third kappa shape index (κ3) is 4.84. The number of rotatable bonds is 7. The lowest BCUT2D eigenvalue weighted by atomic mass is 10.1. The first-order valence-corrected chi connectivity index (χ1v) is 7.08. The summed E-state index contributed by atoms with van der Waals surface area (Å²) in [6.07, 6.45) is 2.97. The van der Waals surface area contributed by atoms with Crippen LogP contribution in [0.3, 0.4) is 0 Å². The molecule has 7 heteroatoms. The van der Waals surface area contributed by atoms with E-state index in [1.807, 2.05) is 0 Å². The summed E-state index contributed by atoms with van der Waals surface area (Å²) in [5.74, 6) is -0.516. The van der Waals surface area contributed by atoms with Crippen molar-refractivity contribution in [2.24, 2.45) is 0 Å². The Morgan fingerprint density at radius 2 is 2.00 bits per heavy atom. The van der Waals surface area contributed by atoms with Crippen molar-refractivity contribution < 1.29 is 29.0 Å². The molecule has 23 heavy (non-hydrogen) atoms. The smallest absolute Gasteiger partial charge is 0.325 e. The number of carboxylic acid groups (broad SMARTS) is 1. The number of nitrogens with one attached hydrogen (secondary N) is 1. The lowest BCUT2D eigenvalue weighted by Crippen LogP contribution is -2.38. The van der Waals surface area contributed by atoms with E-state index < -0.39 is 17.9 Å². The minimum absolute atomic E-state index is 0.0131. The number of hydrogen-bond acceptors (Lipinski definition) is 5. The Kier molecular flexibility index (Phi) is 5.35. The van der Waals surface area contributed by atoms with Crippen LogP contribution in [0.4, 0.5) is 0 Å². The molecule has 0 aromatic heterocycles. The third-order valence-electron chi connectivity index (χ3n) is 3.20. The van der Waals surface area contributed by atoms with Crippen molar-refractivity contribution in [3.05, 3.63) is 29.8 Å². The molecular formula is C16H17NO6. The predicted octanol–water partition coefficient (Wildman–Crippen LogP) is 1.37. The molecule has 2 rings (SSSR count). The van der Waals surface area contributed by atoms with Gasteiger partial charge in [0.05, 0.1) is 0 Å². The second-order valence-corrected chi connectivity index (χ2v) is 5.04. The van der Waals surface area contributed by atoms with Crippen molar-refractivity contribution >= 4 is 23.7 Å². The van der Waals surface area contributed by atoms with Crippen LogP contribution in [0, 0.1) is 0 Å². The zero-order chi connectivity index (χ0) is 16.8. The van der Waals surface area contributed by atoms with E-state index in [0.29, 0.717) is 11.5 Å². The Morgan fingerprint density at radius 3 is 2.74 bits per heavy atom. The molecule has 122 valence electrons. The van der Waals surface area contributed by atoms with Crippen LogP contribution in [0.2, 0.25) is 0 Å². The molecule has 1 aliphatic heterocycles. The van der Waals surface area contributed by atoms with Crippen molar-refractivity contribution in [1.82, 2.24) is 5.32 Å². The van der Waals surface area contributed by atoms with E-state index in [2.05, 4.69) is 5.32 Å². The lowest BCUT2D eigenvalue weighted by Gasteiger charge is -2.08. The highest BCUT2D eigenvalue weighted by Crippen LogP contribution is 2.32. The minimum atomic E-state index is -1.12. The van der Waals surface area contributed by atoms with Gasteiger partial charge in [0.2, 0.25) is 12.7 Å². The van der Waals surface area contributed by atoms with Crippen molar-refractivity contribution in [2.45, 2.75) is 25.8 Å². The topological polar surface area (TPSA) is 102 Å². The molecule has 1 aromatic carbocycles. The van der Waals surface area contributed by atoms with Crippen LogP contribution in [0.15, 0.2) is 24.3 Å². The first kappa shape index (κ1) is 16.5. The standard InChI is InChI=1S/C16H17NO6/c1-10(16(20)21)17-15(19)7-5-12(18)4-2-11-3-6-13-14(8-11)23-9-22-13/h2-4,6,8,10H,5,7,9H2,1H3,(H,17,19)(H,20,21)/b4-2+/t10-/m0/s1. The number of hydrogen-bond donors (Lipinski definition) is 2. The van der Waals surface area contributed by atoms with Crippen LogP contribution < -0.4 is 14.8 Å². The molecule has 1 atom stereocenters. The Bertz CT molecular complexity index is 652. The Morgan fingerprint density at radius 1 is 1.26 bits per heavy atom. The first-order valence-electron chi connectivity index (χ1n) is 7.08. The summed E-state index contributed by atoms with van der Waals surface area (Å²) in [5.41, 5.74) is 0.784. The SMILES string of the molecule is C[C@H](NC(=O)CCC(=O)/C=C/c1ccc2c(c1)OCO2)C(=O)O. The molecule has 1 aromatic rings. The van der Waals surface area contributed by atoms with E-state index in [-0.39, 0.29) is 25.4 Å². The average Bonchev–Trinajstić information content (AvgIpc) is 2.98. The van der Waals surface area contributed by atoms with Crippen LogP contribution in [0.5, 0.6) is 11.5 Å². The molecular weight excluding hydrogens is 302 g/mol. The van der Waals surface area contributed by atoms with Crippen LogP contribution in [0.25, 0.3) is 6.08 Å². The van der Waals surface area contributed by atoms with Gasteiger partial charge in [-0.3, -0.25) is 14.4 Å². The number of ketones is 1. The molecule has 0 radical (unpaired) electrons. The fourth-order valence-corrected chi connectivity index (χ4v) is 1.90. The number of carbonyl (C=O) groups is 3. The molecule has 0 unspecified atom stereocenters. The lowest BCUT2D eigenvalue weighted by molar-refractivity contribution is -0.141. The number of allylic oxidation sites excluding steroid dienone is 1. The van der Waals surface area contributed by atoms with E-state index in [0.717, 1.165) is 5.56 Å².